The van der Waals surface area contributed by atoms with Gasteiger partial charge in [0.2, 0.25) is 0 Å². The Morgan fingerprint density at radius 2 is 1.81 bits per heavy atom. The van der Waals surface area contributed by atoms with E-state index in [1.165, 1.54) is 0 Å². The molecule has 0 aromatic heterocycles. The molecule has 2 atom stereocenters. The van der Waals surface area contributed by atoms with Crippen molar-refractivity contribution in [2.24, 2.45) is 0 Å². The molecule has 0 heterocycles. The van der Waals surface area contributed by atoms with Crippen molar-refractivity contribution in [2.75, 3.05) is 47.1 Å². The first-order chi connectivity index (χ1) is 9.88. The maximum absolute atomic E-state index is 9.62. The summed E-state index contributed by atoms with van der Waals surface area (Å²) in [5.41, 5.74) is -0.203. The number of rotatable bonds is 13. The van der Waals surface area contributed by atoms with Crippen LogP contribution < -0.4 is 5.32 Å². The van der Waals surface area contributed by atoms with Gasteiger partial charge in [-0.15, -0.1) is 0 Å². The zero-order valence-corrected chi connectivity index (χ0v) is 14.8. The predicted octanol–water partition coefficient (Wildman–Crippen LogP) is 1.50. The van der Waals surface area contributed by atoms with Crippen LogP contribution in [0.3, 0.4) is 0 Å². The van der Waals surface area contributed by atoms with E-state index in [0.717, 1.165) is 39.1 Å². The second-order valence-electron chi connectivity index (χ2n) is 6.45. The SMILES string of the molecule is COCCN(CCCC(C)(CO)NC(C)C)C(C)COC. The van der Waals surface area contributed by atoms with E-state index in [0.29, 0.717) is 12.1 Å². The summed E-state index contributed by atoms with van der Waals surface area (Å²) in [6.07, 6.45) is 1.99. The summed E-state index contributed by atoms with van der Waals surface area (Å²) in [4.78, 5) is 2.39. The predicted molar refractivity (Wildman–Crippen MR) is 87.8 cm³/mol. The van der Waals surface area contributed by atoms with Gasteiger partial charge in [0.05, 0.1) is 19.8 Å². The van der Waals surface area contributed by atoms with Gasteiger partial charge in [-0.1, -0.05) is 13.8 Å². The molecule has 0 amide bonds. The average Bonchev–Trinajstić information content (AvgIpc) is 2.42. The third-order valence-corrected chi connectivity index (χ3v) is 3.77. The number of nitrogens with one attached hydrogen (secondary N) is 1. The van der Waals surface area contributed by atoms with E-state index in [4.69, 9.17) is 9.47 Å². The molecule has 0 rings (SSSR count). The summed E-state index contributed by atoms with van der Waals surface area (Å²) in [5.74, 6) is 0. The lowest BCUT2D eigenvalue weighted by Gasteiger charge is -2.33. The summed E-state index contributed by atoms with van der Waals surface area (Å²) in [5, 5.41) is 13.1. The number of methoxy groups -OCH3 is 2. The molecule has 0 fully saturated rings. The molecule has 2 unspecified atom stereocenters. The van der Waals surface area contributed by atoms with Gasteiger partial charge >= 0.3 is 0 Å². The molecule has 5 nitrogen and oxygen atoms in total. The lowest BCUT2D eigenvalue weighted by Crippen LogP contribution is -2.49. The second kappa shape index (κ2) is 11.4. The fourth-order valence-corrected chi connectivity index (χ4v) is 2.67. The fraction of sp³-hybridized carbons (Fsp3) is 1.00. The first kappa shape index (κ1) is 20.8. The fourth-order valence-electron chi connectivity index (χ4n) is 2.67. The smallest absolute Gasteiger partial charge is 0.0615 e. The Hall–Kier alpha value is -0.200. The van der Waals surface area contributed by atoms with Crippen LogP contribution in [0, 0.1) is 0 Å². The highest BCUT2D eigenvalue weighted by molar-refractivity contribution is 4.84. The number of hydrogen-bond acceptors (Lipinski definition) is 5. The summed E-state index contributed by atoms with van der Waals surface area (Å²) < 4.78 is 10.4. The zero-order chi connectivity index (χ0) is 16.3. The van der Waals surface area contributed by atoms with Crippen LogP contribution in [0.4, 0.5) is 0 Å². The van der Waals surface area contributed by atoms with E-state index >= 15 is 0 Å². The topological polar surface area (TPSA) is 54.0 Å². The third-order valence-electron chi connectivity index (χ3n) is 3.77. The summed E-state index contributed by atoms with van der Waals surface area (Å²) >= 11 is 0. The zero-order valence-electron chi connectivity index (χ0n) is 14.8. The molecule has 2 N–H and O–H groups in total. The molecular formula is C16H36N2O3. The van der Waals surface area contributed by atoms with Crippen molar-refractivity contribution in [1.82, 2.24) is 10.2 Å². The quantitative estimate of drug-likeness (QED) is 0.540. The Labute approximate surface area is 131 Å². The second-order valence-corrected chi connectivity index (χ2v) is 6.45. The summed E-state index contributed by atoms with van der Waals surface area (Å²) in [6, 6.07) is 0.753. The lowest BCUT2D eigenvalue weighted by molar-refractivity contribution is 0.0703. The molecule has 0 radical (unpaired) electrons. The Bertz CT molecular complexity index is 252. The van der Waals surface area contributed by atoms with Crippen LogP contribution >= 0.6 is 0 Å². The van der Waals surface area contributed by atoms with Crippen molar-refractivity contribution in [3.63, 3.8) is 0 Å². The first-order valence-electron chi connectivity index (χ1n) is 7.99. The van der Waals surface area contributed by atoms with E-state index < -0.39 is 0 Å². The number of ether oxygens (including phenoxy) is 2. The Balaban J connectivity index is 4.32. The minimum absolute atomic E-state index is 0.164. The van der Waals surface area contributed by atoms with E-state index in [1.807, 2.05) is 0 Å². The highest BCUT2D eigenvalue weighted by Crippen LogP contribution is 2.14. The Morgan fingerprint density at radius 1 is 1.14 bits per heavy atom. The van der Waals surface area contributed by atoms with Gasteiger partial charge in [-0.3, -0.25) is 4.90 Å². The molecule has 0 spiro atoms. The molecular weight excluding hydrogens is 268 g/mol. The third kappa shape index (κ3) is 9.42. The molecule has 0 saturated heterocycles. The molecule has 21 heavy (non-hydrogen) atoms. The van der Waals surface area contributed by atoms with Gasteiger partial charge in [-0.2, -0.15) is 0 Å². The van der Waals surface area contributed by atoms with Crippen molar-refractivity contribution < 1.29 is 14.6 Å². The van der Waals surface area contributed by atoms with Gasteiger partial charge in [0.15, 0.2) is 0 Å². The minimum Gasteiger partial charge on any atom is -0.394 e. The first-order valence-corrected chi connectivity index (χ1v) is 7.99. The monoisotopic (exact) mass is 304 g/mol. The standard InChI is InChI=1S/C16H36N2O3/c1-14(2)17-16(4,13-19)8-7-9-18(10-11-20-5)15(3)12-21-6/h14-15,17,19H,7-13H2,1-6H3. The lowest BCUT2D eigenvalue weighted by atomic mass is 9.95. The van der Waals surface area contributed by atoms with Crippen molar-refractivity contribution in [3.8, 4) is 0 Å². The van der Waals surface area contributed by atoms with Crippen LogP contribution in [0.5, 0.6) is 0 Å². The van der Waals surface area contributed by atoms with Crippen molar-refractivity contribution in [2.45, 2.75) is 58.2 Å². The van der Waals surface area contributed by atoms with Crippen LogP contribution in [0.15, 0.2) is 0 Å². The molecule has 0 saturated carbocycles. The summed E-state index contributed by atoms with van der Waals surface area (Å²) in [6.45, 7) is 12.0. The van der Waals surface area contributed by atoms with E-state index in [-0.39, 0.29) is 12.1 Å². The van der Waals surface area contributed by atoms with Crippen LogP contribution in [-0.2, 0) is 9.47 Å². The highest BCUT2D eigenvalue weighted by atomic mass is 16.5. The number of nitrogens with zero attached hydrogens (tertiary/aromatic N) is 1. The normalized spacial score (nSPS) is 16.4. The van der Waals surface area contributed by atoms with E-state index in [2.05, 4.69) is 37.9 Å². The van der Waals surface area contributed by atoms with Crippen LogP contribution in [-0.4, -0.2) is 74.8 Å². The number of aliphatic hydroxyl groups is 1. The molecule has 0 aromatic rings. The van der Waals surface area contributed by atoms with Gasteiger partial charge in [0, 0.05) is 38.4 Å². The minimum atomic E-state index is -0.203. The van der Waals surface area contributed by atoms with Gasteiger partial charge in [0.1, 0.15) is 0 Å². The summed E-state index contributed by atoms with van der Waals surface area (Å²) in [7, 11) is 3.47. The van der Waals surface area contributed by atoms with Crippen molar-refractivity contribution in [3.05, 3.63) is 0 Å². The van der Waals surface area contributed by atoms with Gasteiger partial charge in [0.25, 0.3) is 0 Å². The molecule has 5 heteroatoms. The van der Waals surface area contributed by atoms with Crippen LogP contribution in [0.25, 0.3) is 0 Å². The molecule has 0 aliphatic carbocycles. The maximum Gasteiger partial charge on any atom is 0.0615 e. The molecule has 128 valence electrons. The van der Waals surface area contributed by atoms with E-state index in [9.17, 15) is 5.11 Å². The highest BCUT2D eigenvalue weighted by Gasteiger charge is 2.24. The number of aliphatic hydroxyl groups excluding tert-OH is 1. The van der Waals surface area contributed by atoms with Crippen molar-refractivity contribution in [1.29, 1.82) is 0 Å². The van der Waals surface area contributed by atoms with Gasteiger partial charge in [-0.05, 0) is 33.2 Å². The molecule has 0 bridgehead atoms. The Kier molecular flexibility index (Phi) is 11.3. The Morgan fingerprint density at radius 3 is 2.29 bits per heavy atom. The largest absolute Gasteiger partial charge is 0.394 e. The molecule has 0 aromatic carbocycles. The molecule has 0 aliphatic rings. The number of hydrogen-bond donors (Lipinski definition) is 2. The van der Waals surface area contributed by atoms with Crippen LogP contribution in [0.2, 0.25) is 0 Å². The maximum atomic E-state index is 9.62. The van der Waals surface area contributed by atoms with Gasteiger partial charge < -0.3 is 19.9 Å². The van der Waals surface area contributed by atoms with Gasteiger partial charge in [-0.25, -0.2) is 0 Å². The molecule has 0 aliphatic heterocycles. The van der Waals surface area contributed by atoms with Crippen molar-refractivity contribution >= 4 is 0 Å². The average molecular weight is 304 g/mol. The van der Waals surface area contributed by atoms with E-state index in [1.54, 1.807) is 14.2 Å². The van der Waals surface area contributed by atoms with Crippen LogP contribution in [0.1, 0.15) is 40.5 Å².